The molecular weight excluding hydrogens is 331 g/mol. The van der Waals surface area contributed by atoms with Crippen LogP contribution in [-0.4, -0.2) is 38.7 Å². The Balaban J connectivity index is 1.45. The number of hydrogen-bond donors (Lipinski definition) is 0. The van der Waals surface area contributed by atoms with Crippen LogP contribution in [0.5, 0.6) is 0 Å². The van der Waals surface area contributed by atoms with Gasteiger partial charge < -0.3 is 4.90 Å². The van der Waals surface area contributed by atoms with Crippen LogP contribution in [0.3, 0.4) is 0 Å². The van der Waals surface area contributed by atoms with E-state index in [0.29, 0.717) is 23.6 Å². The van der Waals surface area contributed by atoms with Crippen molar-refractivity contribution in [2.24, 2.45) is 5.92 Å². The van der Waals surface area contributed by atoms with Gasteiger partial charge in [0.05, 0.1) is 6.04 Å². The molecule has 7 heteroatoms. The highest BCUT2D eigenvalue weighted by Gasteiger charge is 2.48. The van der Waals surface area contributed by atoms with Crippen LogP contribution in [0.2, 0.25) is 5.02 Å². The Labute approximate surface area is 144 Å². The first-order chi connectivity index (χ1) is 11.6. The quantitative estimate of drug-likeness (QED) is 0.856. The lowest BCUT2D eigenvalue weighted by Gasteiger charge is -2.32. The third kappa shape index (κ3) is 2.79. The molecule has 0 spiro atoms. The molecule has 3 atom stereocenters. The highest BCUT2D eigenvalue weighted by molar-refractivity contribution is 6.31. The number of benzene rings is 1. The third-order valence-electron chi connectivity index (χ3n) is 5.00. The molecule has 1 saturated heterocycles. The molecule has 0 radical (unpaired) electrons. The molecule has 2 heterocycles. The van der Waals surface area contributed by atoms with E-state index in [9.17, 15) is 9.18 Å². The molecule has 2 aromatic rings. The smallest absolute Gasteiger partial charge is 0.226 e. The highest BCUT2D eigenvalue weighted by atomic mass is 35.5. The lowest BCUT2D eigenvalue weighted by molar-refractivity contribution is -0.134. The summed E-state index contributed by atoms with van der Waals surface area (Å²) in [5.74, 6) is -0.474. The molecule has 0 N–H and O–H groups in total. The standard InChI is InChI=1S/C17H18ClFN4O/c18-14-4-1-5-15(19)16(14)12-7-13(12)17(24)22-6-2-3-11(8-22)23-10-20-9-21-23/h1,4-5,9-13H,2-3,6-8H2/t11-,12-,13-/m1/s1. The van der Waals surface area contributed by atoms with Gasteiger partial charge in [-0.15, -0.1) is 0 Å². The van der Waals surface area contributed by atoms with Gasteiger partial charge in [0.15, 0.2) is 0 Å². The number of rotatable bonds is 3. The summed E-state index contributed by atoms with van der Waals surface area (Å²) in [4.78, 5) is 18.7. The number of hydrogen-bond acceptors (Lipinski definition) is 3. The first kappa shape index (κ1) is 15.6. The van der Waals surface area contributed by atoms with Crippen molar-refractivity contribution in [2.75, 3.05) is 13.1 Å². The lowest BCUT2D eigenvalue weighted by atomic mass is 10.0. The zero-order valence-electron chi connectivity index (χ0n) is 13.1. The molecule has 2 fully saturated rings. The van der Waals surface area contributed by atoms with Gasteiger partial charge in [-0.1, -0.05) is 17.7 Å². The largest absolute Gasteiger partial charge is 0.340 e. The van der Waals surface area contributed by atoms with Gasteiger partial charge in [0, 0.05) is 35.5 Å². The molecule has 2 aliphatic rings. The van der Waals surface area contributed by atoms with Gasteiger partial charge in [0.1, 0.15) is 18.5 Å². The molecule has 0 bridgehead atoms. The van der Waals surface area contributed by atoms with Crippen LogP contribution in [0.1, 0.15) is 36.8 Å². The van der Waals surface area contributed by atoms with E-state index in [1.807, 2.05) is 9.58 Å². The van der Waals surface area contributed by atoms with Crippen molar-refractivity contribution < 1.29 is 9.18 Å². The van der Waals surface area contributed by atoms with Crippen LogP contribution in [0.15, 0.2) is 30.9 Å². The van der Waals surface area contributed by atoms with Crippen LogP contribution in [0.25, 0.3) is 0 Å². The summed E-state index contributed by atoms with van der Waals surface area (Å²) in [6, 6.07) is 4.84. The van der Waals surface area contributed by atoms with Gasteiger partial charge >= 0.3 is 0 Å². The highest BCUT2D eigenvalue weighted by Crippen LogP contribution is 2.51. The van der Waals surface area contributed by atoms with E-state index in [1.54, 1.807) is 18.5 Å². The topological polar surface area (TPSA) is 51.0 Å². The first-order valence-corrected chi connectivity index (χ1v) is 8.59. The normalized spacial score (nSPS) is 26.4. The summed E-state index contributed by atoms with van der Waals surface area (Å²) < 4.78 is 15.9. The summed E-state index contributed by atoms with van der Waals surface area (Å²) in [5.41, 5.74) is 0.488. The fraction of sp³-hybridized carbons (Fsp3) is 0.471. The molecule has 0 unspecified atom stereocenters. The van der Waals surface area contributed by atoms with E-state index < -0.39 is 0 Å². The molecule has 1 aromatic carbocycles. The van der Waals surface area contributed by atoms with E-state index in [4.69, 9.17) is 11.6 Å². The number of aromatic nitrogens is 3. The SMILES string of the molecule is O=C([C@@H]1C[C@H]1c1c(F)cccc1Cl)N1CCC[C@@H](n2cncn2)C1. The number of carbonyl (C=O) groups is 1. The van der Waals surface area contributed by atoms with Crippen molar-refractivity contribution >= 4 is 17.5 Å². The van der Waals surface area contributed by atoms with Gasteiger partial charge in [-0.3, -0.25) is 4.79 Å². The zero-order chi connectivity index (χ0) is 16.7. The zero-order valence-corrected chi connectivity index (χ0v) is 13.9. The third-order valence-corrected chi connectivity index (χ3v) is 5.33. The van der Waals surface area contributed by atoms with E-state index in [1.165, 1.54) is 12.4 Å². The molecule has 4 rings (SSSR count). The predicted octanol–water partition coefficient (Wildman–Crippen LogP) is 3.04. The van der Waals surface area contributed by atoms with Gasteiger partial charge in [-0.2, -0.15) is 5.10 Å². The van der Waals surface area contributed by atoms with E-state index in [-0.39, 0.29) is 29.6 Å². The number of piperidine rings is 1. The van der Waals surface area contributed by atoms with Gasteiger partial charge in [0.25, 0.3) is 0 Å². The Morgan fingerprint density at radius 1 is 1.38 bits per heavy atom. The predicted molar refractivity (Wildman–Crippen MR) is 87.1 cm³/mol. The van der Waals surface area contributed by atoms with Crippen molar-refractivity contribution in [3.63, 3.8) is 0 Å². The van der Waals surface area contributed by atoms with Crippen LogP contribution >= 0.6 is 11.6 Å². The summed E-state index contributed by atoms with van der Waals surface area (Å²) in [5, 5.41) is 4.59. The Kier molecular flexibility index (Phi) is 4.00. The summed E-state index contributed by atoms with van der Waals surface area (Å²) in [6.45, 7) is 1.38. The minimum Gasteiger partial charge on any atom is -0.340 e. The fourth-order valence-corrected chi connectivity index (χ4v) is 3.97. The minimum atomic E-state index is -0.318. The van der Waals surface area contributed by atoms with Crippen molar-refractivity contribution in [1.82, 2.24) is 19.7 Å². The molecule has 126 valence electrons. The second kappa shape index (κ2) is 6.16. The maximum absolute atomic E-state index is 14.0. The monoisotopic (exact) mass is 348 g/mol. The Bertz CT molecular complexity index is 731. The Morgan fingerprint density at radius 2 is 2.25 bits per heavy atom. The van der Waals surface area contributed by atoms with Crippen molar-refractivity contribution in [3.05, 3.63) is 47.3 Å². The van der Waals surface area contributed by atoms with Crippen molar-refractivity contribution in [1.29, 1.82) is 0 Å². The van der Waals surface area contributed by atoms with Gasteiger partial charge in [-0.05, 0) is 31.4 Å². The van der Waals surface area contributed by atoms with Crippen LogP contribution in [0.4, 0.5) is 4.39 Å². The van der Waals surface area contributed by atoms with Gasteiger partial charge in [0.2, 0.25) is 5.91 Å². The molecule has 1 aliphatic heterocycles. The molecule has 24 heavy (non-hydrogen) atoms. The number of likely N-dealkylation sites (tertiary alicyclic amines) is 1. The molecule has 1 aliphatic carbocycles. The van der Waals surface area contributed by atoms with Crippen LogP contribution < -0.4 is 0 Å². The van der Waals surface area contributed by atoms with E-state index in [0.717, 1.165) is 19.4 Å². The van der Waals surface area contributed by atoms with Crippen LogP contribution in [0, 0.1) is 11.7 Å². The Morgan fingerprint density at radius 3 is 3.00 bits per heavy atom. The average molecular weight is 349 g/mol. The van der Waals surface area contributed by atoms with Crippen molar-refractivity contribution in [2.45, 2.75) is 31.2 Å². The number of amides is 1. The molecule has 1 saturated carbocycles. The van der Waals surface area contributed by atoms with E-state index >= 15 is 0 Å². The van der Waals surface area contributed by atoms with Crippen molar-refractivity contribution in [3.8, 4) is 0 Å². The molecule has 1 aromatic heterocycles. The van der Waals surface area contributed by atoms with E-state index in [2.05, 4.69) is 10.1 Å². The number of nitrogens with zero attached hydrogens (tertiary/aromatic N) is 4. The van der Waals surface area contributed by atoms with Crippen LogP contribution in [-0.2, 0) is 4.79 Å². The molecule has 1 amide bonds. The molecular formula is C17H18ClFN4O. The number of halogens is 2. The summed E-state index contributed by atoms with van der Waals surface area (Å²) >= 11 is 6.13. The summed E-state index contributed by atoms with van der Waals surface area (Å²) in [7, 11) is 0. The Hall–Kier alpha value is -1.95. The molecule has 5 nitrogen and oxygen atoms in total. The number of carbonyl (C=O) groups excluding carboxylic acids is 1. The average Bonchev–Trinajstić information content (AvgIpc) is 3.16. The second-order valence-corrected chi connectivity index (χ2v) is 6.95. The van der Waals surface area contributed by atoms with Gasteiger partial charge in [-0.25, -0.2) is 14.1 Å². The minimum absolute atomic E-state index is 0.0991. The maximum Gasteiger partial charge on any atom is 0.226 e. The lowest BCUT2D eigenvalue weighted by Crippen LogP contribution is -2.41. The summed E-state index contributed by atoms with van der Waals surface area (Å²) in [6.07, 6.45) is 5.80. The maximum atomic E-state index is 14.0. The second-order valence-electron chi connectivity index (χ2n) is 6.54. The first-order valence-electron chi connectivity index (χ1n) is 8.22. The fourth-order valence-electron chi connectivity index (χ4n) is 3.66.